The average molecular weight is 288 g/mol. The van der Waals surface area contributed by atoms with Crippen LogP contribution in [0, 0.1) is 11.8 Å². The van der Waals surface area contributed by atoms with Crippen LogP contribution in [0.4, 0.5) is 0 Å². The van der Waals surface area contributed by atoms with Crippen LogP contribution in [-0.4, -0.2) is 46.0 Å². The maximum absolute atomic E-state index is 11.6. The van der Waals surface area contributed by atoms with E-state index in [1.165, 1.54) is 0 Å². The van der Waals surface area contributed by atoms with Crippen molar-refractivity contribution >= 4 is 23.8 Å². The van der Waals surface area contributed by atoms with Gasteiger partial charge in [0.1, 0.15) is 12.1 Å². The fourth-order valence-electron chi connectivity index (χ4n) is 1.44. The highest BCUT2D eigenvalue weighted by Crippen LogP contribution is 2.03. The number of hydrogen-bond acceptors (Lipinski definition) is 4. The summed E-state index contributed by atoms with van der Waals surface area (Å²) >= 11 is 0. The molecule has 0 aromatic rings. The Morgan fingerprint density at radius 2 is 0.950 bits per heavy atom. The molecule has 2 atom stereocenters. The zero-order chi connectivity index (χ0) is 16.0. The maximum Gasteiger partial charge on any atom is 0.326 e. The summed E-state index contributed by atoms with van der Waals surface area (Å²) in [6, 6.07) is -2.42. The van der Waals surface area contributed by atoms with Gasteiger partial charge in [-0.15, -0.1) is 0 Å². The Kier molecular flexibility index (Phi) is 6.67. The van der Waals surface area contributed by atoms with Crippen LogP contribution >= 0.6 is 0 Å². The second-order valence-corrected chi connectivity index (χ2v) is 5.07. The molecule has 0 aromatic carbocycles. The van der Waals surface area contributed by atoms with E-state index >= 15 is 0 Å². The lowest BCUT2D eigenvalue weighted by Gasteiger charge is -2.20. The summed E-state index contributed by atoms with van der Waals surface area (Å²) in [6.07, 6.45) is 0. The van der Waals surface area contributed by atoms with Gasteiger partial charge in [0.2, 0.25) is 0 Å². The summed E-state index contributed by atoms with van der Waals surface area (Å²) in [5, 5.41) is 21.9. The summed E-state index contributed by atoms with van der Waals surface area (Å²) < 4.78 is 0. The molecule has 0 saturated carbocycles. The number of aliphatic carboxylic acids is 2. The molecule has 0 fully saturated rings. The van der Waals surface area contributed by atoms with E-state index in [4.69, 9.17) is 10.2 Å². The highest BCUT2D eigenvalue weighted by Gasteiger charge is 2.30. The first-order valence-electron chi connectivity index (χ1n) is 6.14. The smallest absolute Gasteiger partial charge is 0.326 e. The van der Waals surface area contributed by atoms with Crippen molar-refractivity contribution in [1.82, 2.24) is 10.6 Å². The van der Waals surface area contributed by atoms with Crippen LogP contribution in [0.2, 0.25) is 0 Å². The molecular formula is C12H20N2O6. The van der Waals surface area contributed by atoms with Gasteiger partial charge >= 0.3 is 23.8 Å². The van der Waals surface area contributed by atoms with Crippen LogP contribution in [0.5, 0.6) is 0 Å². The van der Waals surface area contributed by atoms with Crippen molar-refractivity contribution in [2.24, 2.45) is 11.8 Å². The summed E-state index contributed by atoms with van der Waals surface area (Å²) in [6.45, 7) is 6.30. The number of carbonyl (C=O) groups excluding carboxylic acids is 2. The summed E-state index contributed by atoms with van der Waals surface area (Å²) in [7, 11) is 0. The topological polar surface area (TPSA) is 133 Å². The van der Waals surface area contributed by atoms with Gasteiger partial charge in [-0.05, 0) is 11.8 Å². The molecular weight excluding hydrogens is 268 g/mol. The molecule has 8 nitrogen and oxygen atoms in total. The molecule has 0 spiro atoms. The third kappa shape index (κ3) is 5.25. The SMILES string of the molecule is CC(C)[C@H](NC(=O)C(=O)N[C@@H](C(=O)O)C(C)C)C(=O)O. The lowest BCUT2D eigenvalue weighted by atomic mass is 10.0. The molecule has 20 heavy (non-hydrogen) atoms. The van der Waals surface area contributed by atoms with Crippen molar-refractivity contribution in [2.75, 3.05) is 0 Å². The number of carbonyl (C=O) groups is 4. The number of nitrogens with one attached hydrogen (secondary N) is 2. The fraction of sp³-hybridized carbons (Fsp3) is 0.667. The van der Waals surface area contributed by atoms with Crippen molar-refractivity contribution in [2.45, 2.75) is 39.8 Å². The number of carboxylic acids is 2. The van der Waals surface area contributed by atoms with Crippen molar-refractivity contribution in [3.8, 4) is 0 Å². The highest BCUT2D eigenvalue weighted by atomic mass is 16.4. The van der Waals surface area contributed by atoms with Gasteiger partial charge in [0.15, 0.2) is 0 Å². The lowest BCUT2D eigenvalue weighted by molar-refractivity contribution is -0.148. The highest BCUT2D eigenvalue weighted by molar-refractivity contribution is 6.35. The fourth-order valence-corrected chi connectivity index (χ4v) is 1.44. The molecule has 114 valence electrons. The second-order valence-electron chi connectivity index (χ2n) is 5.07. The van der Waals surface area contributed by atoms with Crippen LogP contribution in [0.3, 0.4) is 0 Å². The van der Waals surface area contributed by atoms with Gasteiger partial charge in [-0.1, -0.05) is 27.7 Å². The van der Waals surface area contributed by atoms with Gasteiger partial charge in [-0.2, -0.15) is 0 Å². The Morgan fingerprint density at radius 1 is 0.700 bits per heavy atom. The van der Waals surface area contributed by atoms with Crippen LogP contribution in [-0.2, 0) is 19.2 Å². The third-order valence-electron chi connectivity index (χ3n) is 2.64. The average Bonchev–Trinajstić information content (AvgIpc) is 2.30. The van der Waals surface area contributed by atoms with E-state index in [1.54, 1.807) is 27.7 Å². The molecule has 0 saturated heterocycles. The van der Waals surface area contributed by atoms with E-state index in [1.807, 2.05) is 0 Å². The minimum atomic E-state index is -1.26. The molecule has 0 aliphatic carbocycles. The van der Waals surface area contributed by atoms with E-state index in [2.05, 4.69) is 10.6 Å². The number of amides is 2. The Bertz CT molecular complexity index is 367. The Labute approximate surface area is 116 Å². The first-order valence-corrected chi connectivity index (χ1v) is 6.14. The van der Waals surface area contributed by atoms with Gasteiger partial charge in [0, 0.05) is 0 Å². The van der Waals surface area contributed by atoms with Crippen molar-refractivity contribution < 1.29 is 29.4 Å². The molecule has 0 bridgehead atoms. The van der Waals surface area contributed by atoms with E-state index in [0.717, 1.165) is 0 Å². The minimum absolute atomic E-state index is 0.412. The number of rotatable bonds is 6. The largest absolute Gasteiger partial charge is 0.480 e. The summed E-state index contributed by atoms with van der Waals surface area (Å²) in [5.41, 5.74) is 0. The Balaban J connectivity index is 4.74. The van der Waals surface area contributed by atoms with Crippen LogP contribution < -0.4 is 10.6 Å². The maximum atomic E-state index is 11.6. The summed E-state index contributed by atoms with van der Waals surface area (Å²) in [4.78, 5) is 44.9. The van der Waals surface area contributed by atoms with Gasteiger partial charge in [0.05, 0.1) is 0 Å². The predicted molar refractivity (Wildman–Crippen MR) is 68.8 cm³/mol. The van der Waals surface area contributed by atoms with Crippen molar-refractivity contribution in [3.63, 3.8) is 0 Å². The quantitative estimate of drug-likeness (QED) is 0.484. The minimum Gasteiger partial charge on any atom is -0.480 e. The third-order valence-corrected chi connectivity index (χ3v) is 2.64. The van der Waals surface area contributed by atoms with Crippen LogP contribution in [0.1, 0.15) is 27.7 Å². The molecule has 0 rings (SSSR count). The van der Waals surface area contributed by atoms with Crippen molar-refractivity contribution in [3.05, 3.63) is 0 Å². The monoisotopic (exact) mass is 288 g/mol. The molecule has 0 heterocycles. The molecule has 0 aliphatic heterocycles. The molecule has 8 heteroatoms. The van der Waals surface area contributed by atoms with Gasteiger partial charge in [-0.3, -0.25) is 9.59 Å². The van der Waals surface area contributed by atoms with Crippen LogP contribution in [0.15, 0.2) is 0 Å². The van der Waals surface area contributed by atoms with Crippen LogP contribution in [0.25, 0.3) is 0 Å². The molecule has 2 amide bonds. The first-order chi connectivity index (χ1) is 9.07. The molecule has 0 aromatic heterocycles. The predicted octanol–water partition coefficient (Wildman–Crippen LogP) is -0.563. The normalized spacial score (nSPS) is 13.7. The van der Waals surface area contributed by atoms with Crippen molar-refractivity contribution in [1.29, 1.82) is 0 Å². The molecule has 0 unspecified atom stereocenters. The van der Waals surface area contributed by atoms with Gasteiger partial charge < -0.3 is 20.8 Å². The Hall–Kier alpha value is -2.12. The van der Waals surface area contributed by atoms with E-state index < -0.39 is 47.7 Å². The number of hydrogen-bond donors (Lipinski definition) is 4. The zero-order valence-electron chi connectivity index (χ0n) is 11.8. The molecule has 0 aliphatic rings. The van der Waals surface area contributed by atoms with E-state index in [9.17, 15) is 19.2 Å². The summed E-state index contributed by atoms with van der Waals surface area (Å²) in [5.74, 6) is -5.69. The molecule has 0 radical (unpaired) electrons. The van der Waals surface area contributed by atoms with Gasteiger partial charge in [-0.25, -0.2) is 9.59 Å². The lowest BCUT2D eigenvalue weighted by Crippen LogP contribution is -2.53. The van der Waals surface area contributed by atoms with Gasteiger partial charge in [0.25, 0.3) is 0 Å². The second kappa shape index (κ2) is 7.46. The van der Waals surface area contributed by atoms with E-state index in [0.29, 0.717) is 0 Å². The Morgan fingerprint density at radius 3 is 1.10 bits per heavy atom. The molecule has 4 N–H and O–H groups in total. The standard InChI is InChI=1S/C12H20N2O6/c1-5(2)7(11(17)18)13-9(15)10(16)14-8(6(3)4)12(19)20/h5-8H,1-4H3,(H,13,15)(H,14,16)(H,17,18)(H,19,20)/t7-,8+. The zero-order valence-corrected chi connectivity index (χ0v) is 11.8. The first kappa shape index (κ1) is 17.9. The number of carboxylic acid groups (broad SMARTS) is 2. The van der Waals surface area contributed by atoms with E-state index in [-0.39, 0.29) is 0 Å².